The minimum absolute atomic E-state index is 0.178. The zero-order valence-electron chi connectivity index (χ0n) is 14.0. The van der Waals surface area contributed by atoms with E-state index in [1.807, 2.05) is 51.1 Å². The summed E-state index contributed by atoms with van der Waals surface area (Å²) in [7, 11) is 0. The van der Waals surface area contributed by atoms with E-state index in [0.717, 1.165) is 5.56 Å². The number of nitrogens with two attached hydrogens (primary N) is 1. The molecular weight excluding hydrogens is 292 g/mol. The lowest BCUT2D eigenvalue weighted by molar-refractivity contribution is -0.118. The number of amides is 1. The zero-order chi connectivity index (χ0) is 16.9. The third-order valence-corrected chi connectivity index (χ3v) is 3.40. The van der Waals surface area contributed by atoms with Crippen molar-refractivity contribution in [2.45, 2.75) is 45.7 Å². The first-order valence-corrected chi connectivity index (χ1v) is 7.72. The third kappa shape index (κ3) is 5.49. The number of hydrogen-bond acceptors (Lipinski definition) is 5. The molecule has 23 heavy (non-hydrogen) atoms. The molecule has 6 nitrogen and oxygen atoms in total. The highest BCUT2D eigenvalue weighted by atomic mass is 16.5. The van der Waals surface area contributed by atoms with Crippen molar-refractivity contribution in [1.82, 2.24) is 15.0 Å². The number of primary amides is 1. The minimum Gasteiger partial charge on any atom is -0.370 e. The van der Waals surface area contributed by atoms with Crippen LogP contribution >= 0.6 is 0 Å². The average molecular weight is 316 g/mol. The molecule has 0 radical (unpaired) electrons. The van der Waals surface area contributed by atoms with E-state index in [4.69, 9.17) is 10.3 Å². The van der Waals surface area contributed by atoms with Crippen molar-refractivity contribution in [3.05, 3.63) is 47.6 Å². The van der Waals surface area contributed by atoms with Crippen molar-refractivity contribution < 1.29 is 9.32 Å². The van der Waals surface area contributed by atoms with Gasteiger partial charge < -0.3 is 10.3 Å². The van der Waals surface area contributed by atoms with Gasteiger partial charge in [0.25, 0.3) is 0 Å². The van der Waals surface area contributed by atoms with Crippen LogP contribution in [0, 0.1) is 0 Å². The van der Waals surface area contributed by atoms with Crippen molar-refractivity contribution in [3.8, 4) is 0 Å². The maximum Gasteiger partial charge on any atom is 0.232 e. The highest BCUT2D eigenvalue weighted by molar-refractivity contribution is 5.73. The molecule has 1 aromatic carbocycles. The van der Waals surface area contributed by atoms with E-state index >= 15 is 0 Å². The molecule has 0 saturated heterocycles. The molecule has 0 unspecified atom stereocenters. The van der Waals surface area contributed by atoms with Gasteiger partial charge in [-0.1, -0.05) is 56.3 Å². The number of aromatic nitrogens is 2. The average Bonchev–Trinajstić information content (AvgIpc) is 2.94. The fourth-order valence-electron chi connectivity index (χ4n) is 2.15. The normalized spacial score (nSPS) is 11.8. The predicted octanol–water partition coefficient (Wildman–Crippen LogP) is 2.24. The van der Waals surface area contributed by atoms with Crippen LogP contribution in [0.5, 0.6) is 0 Å². The van der Waals surface area contributed by atoms with E-state index in [1.165, 1.54) is 0 Å². The first-order valence-electron chi connectivity index (χ1n) is 7.72. The summed E-state index contributed by atoms with van der Waals surface area (Å²) in [6.07, 6.45) is 0.302. The second-order valence-corrected chi connectivity index (χ2v) is 6.68. The molecule has 0 aliphatic heterocycles. The number of carbonyl (C=O) groups is 1. The van der Waals surface area contributed by atoms with Gasteiger partial charge in [-0.2, -0.15) is 4.98 Å². The summed E-state index contributed by atoms with van der Waals surface area (Å²) in [5.41, 5.74) is 6.26. The van der Waals surface area contributed by atoms with E-state index in [-0.39, 0.29) is 11.3 Å². The summed E-state index contributed by atoms with van der Waals surface area (Å²) in [4.78, 5) is 17.6. The van der Waals surface area contributed by atoms with Crippen molar-refractivity contribution in [1.29, 1.82) is 0 Å². The molecule has 0 aliphatic rings. The Kier molecular flexibility index (Phi) is 5.50. The number of benzene rings is 1. The summed E-state index contributed by atoms with van der Waals surface area (Å²) in [5, 5.41) is 4.05. The standard InChI is InChI=1S/C17H24N4O2/c1-17(2,3)16-19-15(20-23-16)12-21(10-9-14(18)22)11-13-7-5-4-6-8-13/h4-8H,9-12H2,1-3H3,(H2,18,22). The maximum absolute atomic E-state index is 11.1. The molecule has 2 aromatic rings. The summed E-state index contributed by atoms with van der Waals surface area (Å²) >= 11 is 0. The molecule has 6 heteroatoms. The monoisotopic (exact) mass is 316 g/mol. The van der Waals surface area contributed by atoms with Gasteiger partial charge in [-0.3, -0.25) is 9.69 Å². The van der Waals surface area contributed by atoms with E-state index in [9.17, 15) is 4.79 Å². The van der Waals surface area contributed by atoms with Gasteiger partial charge in [-0.25, -0.2) is 0 Å². The van der Waals surface area contributed by atoms with Crippen LogP contribution in [0.4, 0.5) is 0 Å². The second kappa shape index (κ2) is 7.37. The zero-order valence-corrected chi connectivity index (χ0v) is 14.0. The van der Waals surface area contributed by atoms with Crippen molar-refractivity contribution in [3.63, 3.8) is 0 Å². The molecule has 0 bridgehead atoms. The van der Waals surface area contributed by atoms with Crippen LogP contribution in [-0.4, -0.2) is 27.5 Å². The van der Waals surface area contributed by atoms with Crippen LogP contribution in [0.25, 0.3) is 0 Å². The molecule has 0 fully saturated rings. The fraction of sp³-hybridized carbons (Fsp3) is 0.471. The van der Waals surface area contributed by atoms with Gasteiger partial charge in [-0.05, 0) is 5.56 Å². The number of hydrogen-bond donors (Lipinski definition) is 1. The first-order chi connectivity index (χ1) is 10.8. The highest BCUT2D eigenvalue weighted by Crippen LogP contribution is 2.20. The van der Waals surface area contributed by atoms with Gasteiger partial charge in [0.15, 0.2) is 5.82 Å². The largest absolute Gasteiger partial charge is 0.370 e. The molecule has 0 aliphatic carbocycles. The van der Waals surface area contributed by atoms with Crippen LogP contribution in [0.15, 0.2) is 34.9 Å². The highest BCUT2D eigenvalue weighted by Gasteiger charge is 2.22. The Morgan fingerprint density at radius 1 is 1.22 bits per heavy atom. The van der Waals surface area contributed by atoms with Crippen LogP contribution in [0.1, 0.15) is 44.5 Å². The summed E-state index contributed by atoms with van der Waals surface area (Å²) in [6.45, 7) is 7.86. The quantitative estimate of drug-likeness (QED) is 0.846. The Hall–Kier alpha value is -2.21. The molecule has 1 aromatic heterocycles. The Morgan fingerprint density at radius 2 is 1.91 bits per heavy atom. The Bertz CT molecular complexity index is 632. The van der Waals surface area contributed by atoms with E-state index in [1.54, 1.807) is 0 Å². The molecule has 0 atom stereocenters. The van der Waals surface area contributed by atoms with Gasteiger partial charge in [0.2, 0.25) is 11.8 Å². The maximum atomic E-state index is 11.1. The topological polar surface area (TPSA) is 85.3 Å². The number of carbonyl (C=O) groups excluding carboxylic acids is 1. The van der Waals surface area contributed by atoms with Gasteiger partial charge in [0.05, 0.1) is 6.54 Å². The van der Waals surface area contributed by atoms with Crippen molar-refractivity contribution in [2.24, 2.45) is 5.73 Å². The molecule has 0 saturated carbocycles. The van der Waals surface area contributed by atoms with Gasteiger partial charge in [0.1, 0.15) is 0 Å². The molecule has 1 amide bonds. The molecule has 2 rings (SSSR count). The van der Waals surface area contributed by atoms with E-state index in [2.05, 4.69) is 15.0 Å². The van der Waals surface area contributed by atoms with Crippen LogP contribution in [0.2, 0.25) is 0 Å². The first kappa shape index (κ1) is 17.1. The smallest absolute Gasteiger partial charge is 0.232 e. The molecule has 2 N–H and O–H groups in total. The summed E-state index contributed by atoms with van der Waals surface area (Å²) < 4.78 is 5.33. The third-order valence-electron chi connectivity index (χ3n) is 3.40. The lowest BCUT2D eigenvalue weighted by Crippen LogP contribution is -2.28. The Labute approximate surface area is 136 Å². The van der Waals surface area contributed by atoms with E-state index in [0.29, 0.717) is 37.8 Å². The van der Waals surface area contributed by atoms with Gasteiger partial charge in [0, 0.05) is 24.9 Å². The van der Waals surface area contributed by atoms with Gasteiger partial charge >= 0.3 is 0 Å². The van der Waals surface area contributed by atoms with Crippen molar-refractivity contribution in [2.75, 3.05) is 6.54 Å². The lowest BCUT2D eigenvalue weighted by Gasteiger charge is -2.20. The molecular formula is C17H24N4O2. The Balaban J connectivity index is 2.07. The summed E-state index contributed by atoms with van der Waals surface area (Å²) in [6, 6.07) is 10.1. The minimum atomic E-state index is -0.313. The Morgan fingerprint density at radius 3 is 2.48 bits per heavy atom. The number of rotatable bonds is 7. The molecule has 1 heterocycles. The fourth-order valence-corrected chi connectivity index (χ4v) is 2.15. The van der Waals surface area contributed by atoms with Gasteiger partial charge in [-0.15, -0.1) is 0 Å². The van der Waals surface area contributed by atoms with Crippen LogP contribution in [0.3, 0.4) is 0 Å². The van der Waals surface area contributed by atoms with Crippen LogP contribution < -0.4 is 5.73 Å². The number of nitrogens with zero attached hydrogens (tertiary/aromatic N) is 3. The van der Waals surface area contributed by atoms with Crippen LogP contribution in [-0.2, 0) is 23.3 Å². The SMILES string of the molecule is CC(C)(C)c1nc(CN(CCC(N)=O)Cc2ccccc2)no1. The lowest BCUT2D eigenvalue weighted by atomic mass is 9.97. The summed E-state index contributed by atoms with van der Waals surface area (Å²) in [5.74, 6) is 0.920. The second-order valence-electron chi connectivity index (χ2n) is 6.68. The molecule has 0 spiro atoms. The van der Waals surface area contributed by atoms with Crippen molar-refractivity contribution >= 4 is 5.91 Å². The molecule has 124 valence electrons. The predicted molar refractivity (Wildman–Crippen MR) is 87.4 cm³/mol. The van der Waals surface area contributed by atoms with E-state index < -0.39 is 0 Å².